The fraction of sp³-hybridized carbons (Fsp3) is 0.677. The Morgan fingerprint density at radius 2 is 0.925 bits per heavy atom. The highest BCUT2D eigenvalue weighted by molar-refractivity contribution is 5.91. The van der Waals surface area contributed by atoms with E-state index in [0.717, 1.165) is 97.4 Å². The number of hydrogen-bond donors (Lipinski definition) is 0. The Balaban J connectivity index is 0.952. The number of aryl methyl sites for hydroxylation is 4. The molecule has 4 aromatic rings. The molecular weight excluding hydrogens is 1010 g/mol. The van der Waals surface area contributed by atoms with Gasteiger partial charge in [0.25, 0.3) is 0 Å². The third-order valence-electron chi connectivity index (χ3n) is 16.8. The van der Waals surface area contributed by atoms with Crippen LogP contribution in [0.25, 0.3) is 0 Å². The van der Waals surface area contributed by atoms with Gasteiger partial charge in [-0.2, -0.15) is 9.97 Å². The number of piperazine rings is 2. The summed E-state index contributed by atoms with van der Waals surface area (Å²) in [6.45, 7) is 23.6. The second-order valence-electron chi connectivity index (χ2n) is 25.4. The summed E-state index contributed by atoms with van der Waals surface area (Å²) in [7, 11) is 0. The maximum Gasteiger partial charge on any atom is 0.390 e. The molecule has 8 rings (SSSR count). The zero-order chi connectivity index (χ0) is 56.9. The van der Waals surface area contributed by atoms with Crippen molar-refractivity contribution in [1.29, 1.82) is 0 Å². The summed E-state index contributed by atoms with van der Waals surface area (Å²) >= 11 is 0. The second-order valence-corrected chi connectivity index (χ2v) is 25.4. The molecule has 2 aliphatic heterocycles. The Hall–Kier alpha value is -5.88. The third-order valence-corrected chi connectivity index (χ3v) is 16.8. The molecule has 4 aliphatic rings. The van der Waals surface area contributed by atoms with E-state index in [1.807, 2.05) is 24.5 Å². The van der Waals surface area contributed by atoms with Gasteiger partial charge in [-0.1, -0.05) is 107 Å². The van der Waals surface area contributed by atoms with Crippen LogP contribution in [-0.4, -0.2) is 126 Å². The van der Waals surface area contributed by atoms with Crippen LogP contribution in [0, 0.1) is 0 Å². The molecule has 4 fully saturated rings. The largest absolute Gasteiger partial charge is 0.390 e. The molecule has 18 heteroatoms. The predicted molar refractivity (Wildman–Crippen MR) is 312 cm³/mol. The van der Waals surface area contributed by atoms with Crippen molar-refractivity contribution >= 4 is 23.6 Å². The van der Waals surface area contributed by atoms with Gasteiger partial charge in [0, 0.05) is 96.7 Å². The van der Waals surface area contributed by atoms with Crippen LogP contribution in [0.2, 0.25) is 0 Å². The molecule has 0 radical (unpaired) electrons. The van der Waals surface area contributed by atoms with E-state index in [4.69, 9.17) is 29.6 Å². The van der Waals surface area contributed by atoms with Gasteiger partial charge >= 0.3 is 23.3 Å². The molecule has 436 valence electrons. The Labute approximate surface area is 475 Å². The van der Waals surface area contributed by atoms with Crippen molar-refractivity contribution in [2.45, 2.75) is 207 Å². The number of nitrogens with zero attached hydrogens (tertiary/aromatic N) is 12. The van der Waals surface area contributed by atoms with E-state index in [2.05, 4.69) is 87.3 Å². The Bertz CT molecular complexity index is 2650. The monoisotopic (exact) mass is 1100 g/mol. The number of unbranched alkanes of at least 4 members (excludes halogenated alkanes) is 2. The van der Waals surface area contributed by atoms with Crippen molar-refractivity contribution in [1.82, 2.24) is 39.0 Å². The first kappa shape index (κ1) is 60.2. The number of anilines is 2. The lowest BCUT2D eigenvalue weighted by atomic mass is 9.87. The number of rotatable bonds is 22. The minimum absolute atomic E-state index is 0.0687. The molecule has 0 aromatic carbocycles. The number of hydrogen-bond acceptors (Lipinski definition) is 14. The maximum atomic E-state index is 14.1. The van der Waals surface area contributed by atoms with Gasteiger partial charge in [0.2, 0.25) is 0 Å². The SMILES string of the molecule is CCCc1cc(N2CC[N+](CCCCn3ccc(C4CCCCC4)nc3=O)(OC(=O)/C=C/C(=O)O[N+]3(CCCCn4ccc(C5CCCCC5)nc4=O)CCN(c4cc(CCC)nc(C(C)(C)C)n4)CC3)CC2)nc(C(C)(C)C)n1. The second kappa shape index (κ2) is 27.3. The molecule has 0 bridgehead atoms. The van der Waals surface area contributed by atoms with Gasteiger partial charge in [-0.15, -0.1) is 9.29 Å². The number of aromatic nitrogens is 8. The smallest absolute Gasteiger partial charge is 0.345 e. The molecular formula is C62H94N12O6+2. The summed E-state index contributed by atoms with van der Waals surface area (Å²) in [5.74, 6) is 2.84. The highest BCUT2D eigenvalue weighted by atomic mass is 16.8. The molecule has 6 heterocycles. The van der Waals surface area contributed by atoms with Gasteiger partial charge in [-0.25, -0.2) is 39.1 Å². The third kappa shape index (κ3) is 16.4. The summed E-state index contributed by atoms with van der Waals surface area (Å²) in [5, 5.41) is 0. The number of carbonyl (C=O) groups is 2. The Morgan fingerprint density at radius 1 is 0.550 bits per heavy atom. The van der Waals surface area contributed by atoms with Crippen LogP contribution in [0.15, 0.2) is 58.4 Å². The van der Waals surface area contributed by atoms with Gasteiger partial charge in [0.05, 0.1) is 37.6 Å². The topological polar surface area (TPSA) is 180 Å². The van der Waals surface area contributed by atoms with Crippen molar-refractivity contribution in [3.05, 3.63) is 104 Å². The molecule has 0 unspecified atom stereocenters. The molecule has 0 atom stereocenters. The zero-order valence-corrected chi connectivity index (χ0v) is 49.8. The first-order chi connectivity index (χ1) is 38.3. The summed E-state index contributed by atoms with van der Waals surface area (Å²) in [5.41, 5.74) is 2.97. The van der Waals surface area contributed by atoms with Crippen LogP contribution in [0.1, 0.15) is 204 Å². The predicted octanol–water partition coefficient (Wildman–Crippen LogP) is 9.38. The minimum Gasteiger partial charge on any atom is -0.345 e. The van der Waals surface area contributed by atoms with E-state index in [1.165, 1.54) is 50.7 Å². The number of carbonyl (C=O) groups excluding carboxylic acids is 2. The van der Waals surface area contributed by atoms with Crippen LogP contribution in [0.3, 0.4) is 0 Å². The van der Waals surface area contributed by atoms with Gasteiger partial charge in [0.15, 0.2) is 0 Å². The van der Waals surface area contributed by atoms with Crippen LogP contribution in [0.4, 0.5) is 11.6 Å². The quantitative estimate of drug-likeness (QED) is 0.0413. The summed E-state index contributed by atoms with van der Waals surface area (Å²) in [6.07, 6.45) is 24.2. The molecule has 2 aliphatic carbocycles. The lowest BCUT2D eigenvalue weighted by Gasteiger charge is -2.42. The first-order valence-electron chi connectivity index (χ1n) is 30.6. The molecule has 18 nitrogen and oxygen atoms in total. The van der Waals surface area contributed by atoms with Crippen molar-refractivity contribution in [2.75, 3.05) is 75.2 Å². The van der Waals surface area contributed by atoms with Crippen molar-refractivity contribution in [3.63, 3.8) is 0 Å². The summed E-state index contributed by atoms with van der Waals surface area (Å²) in [4.78, 5) is 101. The van der Waals surface area contributed by atoms with Crippen LogP contribution in [0.5, 0.6) is 0 Å². The molecule has 0 spiro atoms. The highest BCUT2D eigenvalue weighted by Gasteiger charge is 2.40. The lowest BCUT2D eigenvalue weighted by Crippen LogP contribution is -2.61. The number of quaternary nitrogens is 2. The van der Waals surface area contributed by atoms with Crippen LogP contribution < -0.4 is 21.2 Å². The minimum atomic E-state index is -0.623. The molecule has 2 saturated carbocycles. The highest BCUT2D eigenvalue weighted by Crippen LogP contribution is 2.33. The van der Waals surface area contributed by atoms with Gasteiger partial charge in [0.1, 0.15) is 62.6 Å². The van der Waals surface area contributed by atoms with E-state index in [1.54, 1.807) is 9.13 Å². The standard InChI is InChI=1S/C62H94N12O6/c1-9-21-49-45-53(67-57(63-49)61(3,4)5)69-35-41-73(42-36-69,39-19-17-31-71-33-29-51(65-59(71)77)47-23-13-11-14-24-47)79-55(75)27-28-56(76)80-74(40-20-18-32-72-34-30-52(66-60(72)78)48-25-15-12-16-26-48)43-37-70(38-44-74)54-46-50(22-10-2)64-58(68-54)62(6,7)8/h27-30,33-34,45-48H,9-26,31-32,35-44H2,1-8H3/q+2/b28-27+. The Kier molecular flexibility index (Phi) is 20.5. The average Bonchev–Trinajstić information content (AvgIpc) is 3.48. The molecule has 80 heavy (non-hydrogen) atoms. The molecule has 2 saturated heterocycles. The molecule has 4 aromatic heterocycles. The lowest BCUT2D eigenvalue weighted by molar-refractivity contribution is -1.09. The van der Waals surface area contributed by atoms with Crippen molar-refractivity contribution < 1.29 is 28.6 Å². The van der Waals surface area contributed by atoms with Crippen LogP contribution >= 0.6 is 0 Å². The van der Waals surface area contributed by atoms with E-state index < -0.39 is 11.9 Å². The normalized spacial score (nSPS) is 18.4. The van der Waals surface area contributed by atoms with E-state index in [9.17, 15) is 19.2 Å². The van der Waals surface area contributed by atoms with Crippen molar-refractivity contribution in [3.8, 4) is 0 Å². The zero-order valence-electron chi connectivity index (χ0n) is 49.8. The summed E-state index contributed by atoms with van der Waals surface area (Å²) < 4.78 is 3.52. The average molecular weight is 1100 g/mol. The van der Waals surface area contributed by atoms with E-state index >= 15 is 0 Å². The van der Waals surface area contributed by atoms with Gasteiger partial charge in [-0.05, 0) is 63.5 Å². The van der Waals surface area contributed by atoms with Gasteiger partial charge < -0.3 is 9.80 Å². The summed E-state index contributed by atoms with van der Waals surface area (Å²) in [6, 6.07) is 8.22. The Morgan fingerprint density at radius 3 is 1.26 bits per heavy atom. The van der Waals surface area contributed by atoms with E-state index in [0.29, 0.717) is 116 Å². The fourth-order valence-electron chi connectivity index (χ4n) is 12.0. The van der Waals surface area contributed by atoms with Crippen molar-refractivity contribution in [2.24, 2.45) is 0 Å². The number of hydroxylamine groups is 6. The first-order valence-corrected chi connectivity index (χ1v) is 30.6. The molecule has 0 amide bonds. The van der Waals surface area contributed by atoms with E-state index in [-0.39, 0.29) is 31.5 Å². The maximum absolute atomic E-state index is 14.1. The molecule has 0 N–H and O–H groups in total. The fourth-order valence-corrected chi connectivity index (χ4v) is 12.0. The van der Waals surface area contributed by atoms with Crippen LogP contribution in [-0.2, 0) is 56.0 Å². The van der Waals surface area contributed by atoms with Gasteiger partial charge in [-0.3, -0.25) is 18.8 Å².